The number of rotatable bonds is 1. The summed E-state index contributed by atoms with van der Waals surface area (Å²) >= 11 is 9.12. The Labute approximate surface area is 123 Å². The Bertz CT molecular complexity index is 342. The standard InChI is InChI=1S/C6H4Br3O3P.Mg/c7-3-1-2-4(8)6(5(3)9)13(10,11)12;/h1-2H,(H2,10,11,12);/q;+2/p-2. The van der Waals surface area contributed by atoms with E-state index in [1.165, 1.54) is 6.07 Å². The molecule has 0 saturated carbocycles. The van der Waals surface area contributed by atoms with Crippen molar-refractivity contribution in [1.82, 2.24) is 0 Å². The normalized spacial score (nSPS) is 11.0. The van der Waals surface area contributed by atoms with Crippen molar-refractivity contribution in [2.75, 3.05) is 0 Å². The topological polar surface area (TPSA) is 69.2 Å². The summed E-state index contributed by atoms with van der Waals surface area (Å²) in [6, 6.07) is 3.12. The van der Waals surface area contributed by atoms with Crippen LogP contribution in [0.2, 0.25) is 0 Å². The summed E-state index contributed by atoms with van der Waals surface area (Å²) in [5.74, 6) is 0. The number of benzene rings is 1. The zero-order chi connectivity index (χ0) is 10.2. The fourth-order valence-corrected chi connectivity index (χ4v) is 4.19. The molecule has 1 aromatic carbocycles. The Balaban J connectivity index is 0.00000169. The zero-order valence-corrected chi connectivity index (χ0v) is 13.7. The van der Waals surface area contributed by atoms with E-state index in [0.717, 1.165) is 0 Å². The third-order valence-electron chi connectivity index (χ3n) is 1.29. The predicted molar refractivity (Wildman–Crippen MR) is 61.9 cm³/mol. The van der Waals surface area contributed by atoms with Gasteiger partial charge in [0.05, 0.1) is 8.95 Å². The second-order valence-corrected chi connectivity index (χ2v) is 6.13. The Morgan fingerprint density at radius 1 is 0.929 bits per heavy atom. The van der Waals surface area contributed by atoms with Gasteiger partial charge in [0.15, 0.2) is 0 Å². The Kier molecular flexibility index (Phi) is 6.61. The van der Waals surface area contributed by atoms with Crippen LogP contribution in [0.25, 0.3) is 0 Å². The van der Waals surface area contributed by atoms with E-state index in [1.807, 2.05) is 0 Å². The van der Waals surface area contributed by atoms with E-state index in [-0.39, 0.29) is 37.3 Å². The molecule has 0 aliphatic rings. The Morgan fingerprint density at radius 2 is 1.36 bits per heavy atom. The molecular weight excluding hydrogens is 415 g/mol. The van der Waals surface area contributed by atoms with Gasteiger partial charge in [0.1, 0.15) is 5.30 Å². The molecule has 0 aliphatic carbocycles. The fraction of sp³-hybridized carbons (Fsp3) is 0. The minimum Gasteiger partial charge on any atom is -0.683 e. The van der Waals surface area contributed by atoms with Gasteiger partial charge in [-0.05, 0) is 59.9 Å². The van der Waals surface area contributed by atoms with Crippen LogP contribution in [-0.2, 0) is 0 Å². The Hall–Kier alpha value is 1.74. The molecule has 72 valence electrons. The summed E-state index contributed by atoms with van der Waals surface area (Å²) in [6.45, 7) is 0. The van der Waals surface area contributed by atoms with E-state index < -0.39 is 7.94 Å². The van der Waals surface area contributed by atoms with E-state index in [0.29, 0.717) is 4.47 Å². The van der Waals surface area contributed by atoms with Gasteiger partial charge in [0.2, 0.25) is 0 Å². The molecule has 0 bridgehead atoms. The van der Waals surface area contributed by atoms with Gasteiger partial charge in [-0.1, -0.05) is 0 Å². The molecule has 14 heavy (non-hydrogen) atoms. The van der Waals surface area contributed by atoms with Gasteiger partial charge in [0.25, 0.3) is 0 Å². The molecular formula is C6H2Br3MgO3P. The summed E-state index contributed by atoms with van der Waals surface area (Å²) in [5, 5.41) is -0.262. The van der Waals surface area contributed by atoms with E-state index in [9.17, 15) is 14.7 Å². The van der Waals surface area contributed by atoms with Gasteiger partial charge in [0, 0.05) is 4.47 Å². The maximum atomic E-state index is 10.8. The van der Waals surface area contributed by atoms with Crippen molar-refractivity contribution in [1.29, 1.82) is 0 Å². The molecule has 0 amide bonds. The SMILES string of the molecule is [Mg+2].[O-][P+]([O-])([O-])c1c(Br)ccc(Br)c1Br. The summed E-state index contributed by atoms with van der Waals surface area (Å²) < 4.78 is 1.03. The smallest absolute Gasteiger partial charge is 0.683 e. The van der Waals surface area contributed by atoms with E-state index in [1.54, 1.807) is 6.07 Å². The van der Waals surface area contributed by atoms with Gasteiger partial charge in [-0.3, -0.25) is 0 Å². The molecule has 8 heteroatoms. The molecule has 1 rings (SSSR count). The summed E-state index contributed by atoms with van der Waals surface area (Å²) in [5.41, 5.74) is 0. The van der Waals surface area contributed by atoms with Crippen LogP contribution in [0.3, 0.4) is 0 Å². The zero-order valence-electron chi connectivity index (χ0n) is 6.67. The molecule has 3 nitrogen and oxygen atoms in total. The number of halogens is 3. The van der Waals surface area contributed by atoms with Crippen molar-refractivity contribution in [2.45, 2.75) is 0 Å². The van der Waals surface area contributed by atoms with Crippen LogP contribution in [0.5, 0.6) is 0 Å². The molecule has 0 unspecified atom stereocenters. The first-order chi connectivity index (χ1) is 5.84. The number of hydrogen-bond acceptors (Lipinski definition) is 3. The average molecular weight is 417 g/mol. The van der Waals surface area contributed by atoms with Crippen molar-refractivity contribution in [3.05, 3.63) is 25.6 Å². The Morgan fingerprint density at radius 3 is 1.71 bits per heavy atom. The largest absolute Gasteiger partial charge is 2.00 e. The van der Waals surface area contributed by atoms with Gasteiger partial charge in [-0.15, -0.1) is 7.94 Å². The summed E-state index contributed by atoms with van der Waals surface area (Å²) in [4.78, 5) is 32.5. The van der Waals surface area contributed by atoms with Crippen LogP contribution in [-0.4, -0.2) is 23.1 Å². The van der Waals surface area contributed by atoms with Crippen LogP contribution < -0.4 is 20.0 Å². The fourth-order valence-electron chi connectivity index (χ4n) is 0.767. The van der Waals surface area contributed by atoms with Crippen molar-refractivity contribution >= 4 is 84.1 Å². The molecule has 0 atom stereocenters. The van der Waals surface area contributed by atoms with Gasteiger partial charge in [-0.2, -0.15) is 0 Å². The molecule has 0 heterocycles. The van der Waals surface area contributed by atoms with E-state index in [4.69, 9.17) is 0 Å². The minimum atomic E-state index is -4.74. The van der Waals surface area contributed by atoms with Gasteiger partial charge >= 0.3 is 23.1 Å². The van der Waals surface area contributed by atoms with Crippen LogP contribution in [0.15, 0.2) is 25.6 Å². The maximum absolute atomic E-state index is 10.8. The van der Waals surface area contributed by atoms with Crippen LogP contribution >= 0.6 is 55.7 Å². The minimum absolute atomic E-state index is 0. The monoisotopic (exact) mass is 414 g/mol. The van der Waals surface area contributed by atoms with Crippen LogP contribution in [0.4, 0.5) is 0 Å². The molecule has 0 aliphatic heterocycles. The molecule has 0 aromatic heterocycles. The first kappa shape index (κ1) is 15.7. The van der Waals surface area contributed by atoms with Crippen molar-refractivity contribution in [3.8, 4) is 0 Å². The third kappa shape index (κ3) is 3.64. The summed E-state index contributed by atoms with van der Waals surface area (Å²) in [7, 11) is -4.74. The summed E-state index contributed by atoms with van der Waals surface area (Å²) in [6.07, 6.45) is 0. The third-order valence-corrected chi connectivity index (χ3v) is 5.60. The first-order valence-corrected chi connectivity index (χ1v) is 6.92. The second kappa shape index (κ2) is 5.89. The predicted octanol–water partition coefficient (Wildman–Crippen LogP) is 0.0621. The molecule has 0 fully saturated rings. The van der Waals surface area contributed by atoms with Crippen molar-refractivity contribution < 1.29 is 14.7 Å². The number of hydrogen-bond donors (Lipinski definition) is 0. The second-order valence-electron chi connectivity index (χ2n) is 2.19. The van der Waals surface area contributed by atoms with Gasteiger partial charge in [-0.25, -0.2) is 0 Å². The van der Waals surface area contributed by atoms with Gasteiger partial charge < -0.3 is 14.7 Å². The first-order valence-electron chi connectivity index (χ1n) is 3.00. The molecule has 0 spiro atoms. The molecule has 0 N–H and O–H groups in total. The van der Waals surface area contributed by atoms with E-state index in [2.05, 4.69) is 47.8 Å². The van der Waals surface area contributed by atoms with Crippen molar-refractivity contribution in [2.24, 2.45) is 0 Å². The molecule has 0 saturated heterocycles. The molecule has 0 radical (unpaired) electrons. The maximum Gasteiger partial charge on any atom is 2.00 e. The molecule has 1 aromatic rings. The van der Waals surface area contributed by atoms with E-state index >= 15 is 0 Å². The van der Waals surface area contributed by atoms with Crippen LogP contribution in [0.1, 0.15) is 0 Å². The quantitative estimate of drug-likeness (QED) is 0.369. The van der Waals surface area contributed by atoms with Crippen LogP contribution in [0, 0.1) is 0 Å². The van der Waals surface area contributed by atoms with Crippen molar-refractivity contribution in [3.63, 3.8) is 0 Å². The average Bonchev–Trinajstić information content (AvgIpc) is 1.95.